The van der Waals surface area contributed by atoms with Crippen molar-refractivity contribution in [2.75, 3.05) is 0 Å². The second-order valence-electron chi connectivity index (χ2n) is 4.00. The number of carboxylic acid groups (broad SMARTS) is 1. The SMILES string of the molecule is Cc1cccc([N+](=O)[O-])c1Oc1cncc(C(=O)O)c1. The number of nitro benzene ring substituents is 1. The van der Waals surface area contributed by atoms with Gasteiger partial charge in [0.05, 0.1) is 16.7 Å². The van der Waals surface area contributed by atoms with E-state index in [2.05, 4.69) is 4.98 Å². The van der Waals surface area contributed by atoms with E-state index in [0.29, 0.717) is 5.56 Å². The summed E-state index contributed by atoms with van der Waals surface area (Å²) in [4.78, 5) is 25.0. The van der Waals surface area contributed by atoms with Gasteiger partial charge in [0.15, 0.2) is 0 Å². The van der Waals surface area contributed by atoms with E-state index in [1.807, 2.05) is 0 Å². The van der Waals surface area contributed by atoms with Crippen molar-refractivity contribution in [2.24, 2.45) is 0 Å². The van der Waals surface area contributed by atoms with Crippen LogP contribution >= 0.6 is 0 Å². The molecule has 0 unspecified atom stereocenters. The van der Waals surface area contributed by atoms with Crippen molar-refractivity contribution in [3.63, 3.8) is 0 Å². The van der Waals surface area contributed by atoms with Crippen molar-refractivity contribution >= 4 is 11.7 Å². The highest BCUT2D eigenvalue weighted by Crippen LogP contribution is 2.34. The molecule has 1 N–H and O–H groups in total. The summed E-state index contributed by atoms with van der Waals surface area (Å²) in [7, 11) is 0. The number of para-hydroxylation sites is 1. The Morgan fingerprint density at radius 1 is 1.40 bits per heavy atom. The highest BCUT2D eigenvalue weighted by atomic mass is 16.6. The zero-order chi connectivity index (χ0) is 14.7. The highest BCUT2D eigenvalue weighted by molar-refractivity contribution is 5.87. The van der Waals surface area contributed by atoms with E-state index in [4.69, 9.17) is 9.84 Å². The minimum atomic E-state index is -1.15. The van der Waals surface area contributed by atoms with E-state index < -0.39 is 10.9 Å². The van der Waals surface area contributed by atoms with Crippen LogP contribution in [0, 0.1) is 17.0 Å². The van der Waals surface area contributed by atoms with Crippen molar-refractivity contribution in [3.05, 3.63) is 57.9 Å². The maximum Gasteiger partial charge on any atom is 0.337 e. The number of carbonyl (C=O) groups is 1. The van der Waals surface area contributed by atoms with E-state index in [0.717, 1.165) is 0 Å². The molecule has 0 aliphatic rings. The molecule has 20 heavy (non-hydrogen) atoms. The standard InChI is InChI=1S/C13H10N2O5/c1-8-3-2-4-11(15(18)19)12(8)20-10-5-9(13(16)17)6-14-7-10/h2-7H,1H3,(H,16,17). The molecule has 0 fully saturated rings. The van der Waals surface area contributed by atoms with Gasteiger partial charge in [0.2, 0.25) is 5.75 Å². The van der Waals surface area contributed by atoms with Crippen LogP contribution in [0.5, 0.6) is 11.5 Å². The predicted molar refractivity (Wildman–Crippen MR) is 69.1 cm³/mol. The summed E-state index contributed by atoms with van der Waals surface area (Å²) in [6.07, 6.45) is 2.46. The average molecular weight is 274 g/mol. The van der Waals surface area contributed by atoms with Gasteiger partial charge in [-0.05, 0) is 18.6 Å². The molecule has 0 saturated carbocycles. The molecule has 7 nitrogen and oxygen atoms in total. The summed E-state index contributed by atoms with van der Waals surface area (Å²) in [5.74, 6) is -0.952. The van der Waals surface area contributed by atoms with Crippen LogP contribution in [0.2, 0.25) is 0 Å². The first kappa shape index (κ1) is 13.5. The molecule has 0 aliphatic carbocycles. The second-order valence-corrected chi connectivity index (χ2v) is 4.00. The molecule has 0 aliphatic heterocycles. The molecule has 1 aromatic carbocycles. The smallest absolute Gasteiger partial charge is 0.337 e. The fraction of sp³-hybridized carbons (Fsp3) is 0.0769. The minimum absolute atomic E-state index is 0.0567. The van der Waals surface area contributed by atoms with Crippen molar-refractivity contribution in [1.82, 2.24) is 4.98 Å². The Hall–Kier alpha value is -2.96. The van der Waals surface area contributed by atoms with Crippen LogP contribution in [-0.2, 0) is 0 Å². The number of aryl methyl sites for hydroxylation is 1. The van der Waals surface area contributed by atoms with Crippen LogP contribution in [0.4, 0.5) is 5.69 Å². The summed E-state index contributed by atoms with van der Waals surface area (Å²) >= 11 is 0. The maximum absolute atomic E-state index is 11.0. The normalized spacial score (nSPS) is 10.1. The van der Waals surface area contributed by atoms with Gasteiger partial charge >= 0.3 is 11.7 Å². The number of aromatic nitrogens is 1. The first-order chi connectivity index (χ1) is 9.49. The summed E-state index contributed by atoms with van der Waals surface area (Å²) in [5, 5.41) is 19.8. The Labute approximate surface area is 113 Å². The van der Waals surface area contributed by atoms with Crippen LogP contribution in [0.1, 0.15) is 15.9 Å². The van der Waals surface area contributed by atoms with Gasteiger partial charge in [-0.2, -0.15) is 0 Å². The average Bonchev–Trinajstić information content (AvgIpc) is 2.41. The maximum atomic E-state index is 11.0. The molecule has 0 radical (unpaired) electrons. The van der Waals surface area contributed by atoms with Crippen LogP contribution in [-0.4, -0.2) is 21.0 Å². The van der Waals surface area contributed by atoms with Gasteiger partial charge in [0.25, 0.3) is 0 Å². The Morgan fingerprint density at radius 2 is 2.15 bits per heavy atom. The van der Waals surface area contributed by atoms with Gasteiger partial charge in [-0.3, -0.25) is 15.1 Å². The predicted octanol–water partition coefficient (Wildman–Crippen LogP) is 2.79. The summed E-state index contributed by atoms with van der Waals surface area (Å²) in [6, 6.07) is 5.78. The third-order valence-corrected chi connectivity index (χ3v) is 2.57. The number of hydrogen-bond donors (Lipinski definition) is 1. The molecular weight excluding hydrogens is 264 g/mol. The molecule has 0 bridgehead atoms. The first-order valence-corrected chi connectivity index (χ1v) is 5.59. The van der Waals surface area contributed by atoms with E-state index >= 15 is 0 Å². The van der Waals surface area contributed by atoms with Crippen molar-refractivity contribution in [3.8, 4) is 11.5 Å². The monoisotopic (exact) mass is 274 g/mol. The quantitative estimate of drug-likeness (QED) is 0.679. The Bertz CT molecular complexity index is 684. The zero-order valence-electron chi connectivity index (χ0n) is 10.4. The number of ether oxygens (including phenoxy) is 1. The van der Waals surface area contributed by atoms with E-state index in [1.54, 1.807) is 19.1 Å². The van der Waals surface area contributed by atoms with Crippen LogP contribution in [0.3, 0.4) is 0 Å². The fourth-order valence-corrected chi connectivity index (χ4v) is 1.62. The molecular formula is C13H10N2O5. The van der Waals surface area contributed by atoms with Crippen LogP contribution < -0.4 is 4.74 Å². The van der Waals surface area contributed by atoms with E-state index in [9.17, 15) is 14.9 Å². The van der Waals surface area contributed by atoms with Gasteiger partial charge in [-0.25, -0.2) is 4.79 Å². The molecule has 1 heterocycles. The number of pyridine rings is 1. The number of aromatic carboxylic acids is 1. The zero-order valence-corrected chi connectivity index (χ0v) is 10.4. The molecule has 102 valence electrons. The lowest BCUT2D eigenvalue weighted by molar-refractivity contribution is -0.385. The number of benzene rings is 1. The van der Waals surface area contributed by atoms with E-state index in [-0.39, 0.29) is 22.7 Å². The Morgan fingerprint density at radius 3 is 2.80 bits per heavy atom. The lowest BCUT2D eigenvalue weighted by atomic mass is 10.2. The Balaban J connectivity index is 2.42. The second kappa shape index (κ2) is 5.35. The number of nitro groups is 1. The van der Waals surface area contributed by atoms with Gasteiger partial charge in [0.1, 0.15) is 5.75 Å². The lowest BCUT2D eigenvalue weighted by Gasteiger charge is -2.08. The largest absolute Gasteiger partial charge is 0.478 e. The molecule has 2 aromatic rings. The van der Waals surface area contributed by atoms with Gasteiger partial charge in [0, 0.05) is 12.3 Å². The van der Waals surface area contributed by atoms with Gasteiger partial charge < -0.3 is 9.84 Å². The van der Waals surface area contributed by atoms with Crippen LogP contribution in [0.15, 0.2) is 36.7 Å². The van der Waals surface area contributed by atoms with Crippen molar-refractivity contribution < 1.29 is 19.6 Å². The van der Waals surface area contributed by atoms with Gasteiger partial charge in [-0.15, -0.1) is 0 Å². The Kier molecular flexibility index (Phi) is 3.60. The molecule has 0 amide bonds. The molecule has 1 aromatic heterocycles. The number of hydrogen-bond acceptors (Lipinski definition) is 5. The summed E-state index contributed by atoms with van der Waals surface area (Å²) in [5.41, 5.74) is 0.324. The molecule has 0 saturated heterocycles. The molecule has 0 atom stereocenters. The molecule has 2 rings (SSSR count). The molecule has 7 heteroatoms. The van der Waals surface area contributed by atoms with Crippen molar-refractivity contribution in [1.29, 1.82) is 0 Å². The third-order valence-electron chi connectivity index (χ3n) is 2.57. The third kappa shape index (κ3) is 2.72. The topological polar surface area (TPSA) is 103 Å². The first-order valence-electron chi connectivity index (χ1n) is 5.59. The fourth-order valence-electron chi connectivity index (χ4n) is 1.62. The minimum Gasteiger partial charge on any atom is -0.478 e. The highest BCUT2D eigenvalue weighted by Gasteiger charge is 2.18. The summed E-state index contributed by atoms with van der Waals surface area (Å²) in [6.45, 7) is 1.66. The van der Waals surface area contributed by atoms with Crippen molar-refractivity contribution in [2.45, 2.75) is 6.92 Å². The molecule has 0 spiro atoms. The van der Waals surface area contributed by atoms with Gasteiger partial charge in [-0.1, -0.05) is 12.1 Å². The van der Waals surface area contributed by atoms with E-state index in [1.165, 1.54) is 24.5 Å². The lowest BCUT2D eigenvalue weighted by Crippen LogP contribution is -1.99. The number of carboxylic acids is 1. The summed E-state index contributed by atoms with van der Waals surface area (Å²) < 4.78 is 5.42. The van der Waals surface area contributed by atoms with Crippen LogP contribution in [0.25, 0.3) is 0 Å². The number of rotatable bonds is 4. The number of nitrogens with zero attached hydrogens (tertiary/aromatic N) is 2.